The molecule has 0 fully saturated rings. The molecule has 0 unspecified atom stereocenters. The van der Waals surface area contributed by atoms with Gasteiger partial charge >= 0.3 is 0 Å². The number of hydrogen-bond acceptors (Lipinski definition) is 5. The van der Waals surface area contributed by atoms with Crippen LogP contribution in [0.15, 0.2) is 23.5 Å². The van der Waals surface area contributed by atoms with Crippen LogP contribution in [0.1, 0.15) is 41.6 Å². The Hall–Kier alpha value is -2.48. The van der Waals surface area contributed by atoms with Crippen molar-refractivity contribution in [1.82, 2.24) is 24.2 Å². The minimum atomic E-state index is -0.119. The van der Waals surface area contributed by atoms with Gasteiger partial charge in [-0.05, 0) is 33.3 Å². The zero-order chi connectivity index (χ0) is 18.8. The maximum absolute atomic E-state index is 13.0. The second-order valence-electron chi connectivity index (χ2n) is 6.10. The van der Waals surface area contributed by atoms with Gasteiger partial charge in [-0.25, -0.2) is 4.98 Å². The van der Waals surface area contributed by atoms with Crippen LogP contribution in [-0.4, -0.2) is 43.2 Å². The van der Waals surface area contributed by atoms with Crippen molar-refractivity contribution in [1.29, 1.82) is 0 Å². The fraction of sp³-hybridized carbons (Fsp3) is 0.444. The fourth-order valence-corrected chi connectivity index (χ4v) is 4.10. The summed E-state index contributed by atoms with van der Waals surface area (Å²) in [5.74, 6) is -0.0364. The lowest BCUT2D eigenvalue weighted by Crippen LogP contribution is -2.30. The highest BCUT2D eigenvalue weighted by Crippen LogP contribution is 2.28. The number of thiophene rings is 1. The second-order valence-corrected chi connectivity index (χ2v) is 7.09. The number of rotatable bonds is 6. The van der Waals surface area contributed by atoms with Gasteiger partial charge in [-0.1, -0.05) is 0 Å². The molecule has 0 radical (unpaired) electrons. The molecule has 3 heterocycles. The third-order valence-electron chi connectivity index (χ3n) is 4.53. The minimum absolute atomic E-state index is 0.0364. The van der Waals surface area contributed by atoms with E-state index in [4.69, 9.17) is 0 Å². The average Bonchev–Trinajstić information content (AvgIpc) is 3.23. The van der Waals surface area contributed by atoms with Crippen molar-refractivity contribution in [3.05, 3.63) is 45.1 Å². The standard InChI is InChI=1S/C18H23N5O2S/c1-5-21(6-2)18(25)15-12(4)14-16(26-15)19-11-22(17(14)24)9-13-8-20-23(7-3)10-13/h8,10-11H,5-7,9H2,1-4H3. The Morgan fingerprint density at radius 2 is 2.00 bits per heavy atom. The summed E-state index contributed by atoms with van der Waals surface area (Å²) in [5.41, 5.74) is 1.55. The van der Waals surface area contributed by atoms with Crippen molar-refractivity contribution < 1.29 is 4.79 Å². The van der Waals surface area contributed by atoms with Gasteiger partial charge in [-0.15, -0.1) is 11.3 Å². The zero-order valence-electron chi connectivity index (χ0n) is 15.5. The van der Waals surface area contributed by atoms with E-state index in [2.05, 4.69) is 10.1 Å². The SMILES string of the molecule is CCN(CC)C(=O)c1sc2ncn(Cc3cnn(CC)c3)c(=O)c2c1C. The first-order valence-corrected chi connectivity index (χ1v) is 9.60. The van der Waals surface area contributed by atoms with E-state index in [1.54, 1.807) is 22.0 Å². The van der Waals surface area contributed by atoms with Gasteiger partial charge in [-0.3, -0.25) is 18.8 Å². The molecule has 0 aliphatic heterocycles. The summed E-state index contributed by atoms with van der Waals surface area (Å²) in [6, 6.07) is 0. The van der Waals surface area contributed by atoms with Gasteiger partial charge in [0, 0.05) is 31.4 Å². The van der Waals surface area contributed by atoms with Crippen LogP contribution in [-0.2, 0) is 13.1 Å². The predicted octanol–water partition coefficient (Wildman–Crippen LogP) is 2.51. The molecule has 0 aromatic carbocycles. The van der Waals surface area contributed by atoms with Gasteiger partial charge in [-0.2, -0.15) is 5.10 Å². The molecular formula is C18H23N5O2S. The van der Waals surface area contributed by atoms with Crippen LogP contribution in [0, 0.1) is 6.92 Å². The third kappa shape index (κ3) is 3.16. The van der Waals surface area contributed by atoms with E-state index < -0.39 is 0 Å². The number of fused-ring (bicyclic) bond motifs is 1. The Morgan fingerprint density at radius 3 is 2.62 bits per heavy atom. The summed E-state index contributed by atoms with van der Waals surface area (Å²) < 4.78 is 3.40. The second kappa shape index (κ2) is 7.41. The Balaban J connectivity index is 2.02. The van der Waals surface area contributed by atoms with E-state index in [1.165, 1.54) is 11.3 Å². The topological polar surface area (TPSA) is 73.0 Å². The number of carbonyl (C=O) groups is 1. The summed E-state index contributed by atoms with van der Waals surface area (Å²) in [4.78, 5) is 33.1. The Bertz CT molecular complexity index is 997. The van der Waals surface area contributed by atoms with Crippen molar-refractivity contribution >= 4 is 27.5 Å². The largest absolute Gasteiger partial charge is 0.338 e. The number of hydrogen-bond donors (Lipinski definition) is 0. The summed E-state index contributed by atoms with van der Waals surface area (Å²) in [6.45, 7) is 10.2. The van der Waals surface area contributed by atoms with Gasteiger partial charge in [0.1, 0.15) is 4.83 Å². The molecule has 3 rings (SSSR count). The molecule has 0 spiro atoms. The number of amides is 1. The van der Waals surface area contributed by atoms with E-state index in [1.807, 2.05) is 38.6 Å². The smallest absolute Gasteiger partial charge is 0.264 e. The number of aryl methyl sites for hydroxylation is 2. The van der Waals surface area contributed by atoms with Crippen molar-refractivity contribution in [2.24, 2.45) is 0 Å². The highest BCUT2D eigenvalue weighted by Gasteiger charge is 2.22. The van der Waals surface area contributed by atoms with E-state index in [9.17, 15) is 9.59 Å². The molecule has 0 saturated carbocycles. The Morgan fingerprint density at radius 1 is 1.27 bits per heavy atom. The molecular weight excluding hydrogens is 350 g/mol. The van der Waals surface area contributed by atoms with E-state index >= 15 is 0 Å². The summed E-state index contributed by atoms with van der Waals surface area (Å²) in [6.07, 6.45) is 5.23. The zero-order valence-corrected chi connectivity index (χ0v) is 16.3. The third-order valence-corrected chi connectivity index (χ3v) is 5.71. The number of carbonyl (C=O) groups excluding carboxylic acids is 1. The van der Waals surface area contributed by atoms with E-state index in [0.29, 0.717) is 34.7 Å². The molecule has 1 amide bonds. The van der Waals surface area contributed by atoms with Crippen molar-refractivity contribution in [2.45, 2.75) is 40.8 Å². The molecule has 3 aromatic rings. The van der Waals surface area contributed by atoms with Crippen LogP contribution < -0.4 is 5.56 Å². The molecule has 0 aliphatic rings. The molecule has 0 bridgehead atoms. The van der Waals surface area contributed by atoms with Crippen LogP contribution in [0.2, 0.25) is 0 Å². The Labute approximate surface area is 155 Å². The molecule has 8 heteroatoms. The first-order valence-electron chi connectivity index (χ1n) is 8.79. The summed E-state index contributed by atoms with van der Waals surface area (Å²) >= 11 is 1.30. The molecule has 26 heavy (non-hydrogen) atoms. The van der Waals surface area contributed by atoms with Crippen molar-refractivity contribution in [2.75, 3.05) is 13.1 Å². The van der Waals surface area contributed by atoms with Crippen LogP contribution in [0.25, 0.3) is 10.2 Å². The maximum atomic E-state index is 13.0. The summed E-state index contributed by atoms with van der Waals surface area (Å²) in [7, 11) is 0. The van der Waals surface area contributed by atoms with Crippen LogP contribution in [0.5, 0.6) is 0 Å². The highest BCUT2D eigenvalue weighted by atomic mass is 32.1. The predicted molar refractivity (Wildman–Crippen MR) is 103 cm³/mol. The van der Waals surface area contributed by atoms with Crippen LogP contribution >= 0.6 is 11.3 Å². The number of nitrogens with zero attached hydrogens (tertiary/aromatic N) is 5. The van der Waals surface area contributed by atoms with Crippen molar-refractivity contribution in [3.63, 3.8) is 0 Å². The lowest BCUT2D eigenvalue weighted by molar-refractivity contribution is 0.0777. The fourth-order valence-electron chi connectivity index (χ4n) is 2.99. The minimum Gasteiger partial charge on any atom is -0.338 e. The first kappa shape index (κ1) is 18.3. The van der Waals surface area contributed by atoms with Gasteiger partial charge in [0.05, 0.1) is 29.3 Å². The monoisotopic (exact) mass is 373 g/mol. The van der Waals surface area contributed by atoms with Crippen LogP contribution in [0.3, 0.4) is 0 Å². The van der Waals surface area contributed by atoms with Gasteiger partial charge in [0.2, 0.25) is 0 Å². The average molecular weight is 373 g/mol. The molecule has 0 aliphatic carbocycles. The van der Waals surface area contributed by atoms with E-state index in [0.717, 1.165) is 17.7 Å². The quantitative estimate of drug-likeness (QED) is 0.665. The first-order chi connectivity index (χ1) is 12.5. The summed E-state index contributed by atoms with van der Waals surface area (Å²) in [5, 5.41) is 4.78. The molecule has 0 N–H and O–H groups in total. The lowest BCUT2D eigenvalue weighted by atomic mass is 10.2. The molecule has 7 nitrogen and oxygen atoms in total. The molecule has 0 saturated heterocycles. The van der Waals surface area contributed by atoms with Gasteiger partial charge in [0.25, 0.3) is 11.5 Å². The maximum Gasteiger partial charge on any atom is 0.264 e. The molecule has 138 valence electrons. The van der Waals surface area contributed by atoms with Crippen molar-refractivity contribution in [3.8, 4) is 0 Å². The normalized spacial score (nSPS) is 11.2. The van der Waals surface area contributed by atoms with Gasteiger partial charge < -0.3 is 4.90 Å². The number of aromatic nitrogens is 4. The molecule has 0 atom stereocenters. The van der Waals surface area contributed by atoms with E-state index in [-0.39, 0.29) is 11.5 Å². The lowest BCUT2D eigenvalue weighted by Gasteiger charge is -2.17. The molecule has 3 aromatic heterocycles. The van der Waals surface area contributed by atoms with Gasteiger partial charge in [0.15, 0.2) is 0 Å². The van der Waals surface area contributed by atoms with Crippen LogP contribution in [0.4, 0.5) is 0 Å². The highest BCUT2D eigenvalue weighted by molar-refractivity contribution is 7.20. The Kier molecular flexibility index (Phi) is 5.22.